The highest BCUT2D eigenvalue weighted by molar-refractivity contribution is 7.13. The van der Waals surface area contributed by atoms with Crippen molar-refractivity contribution >= 4 is 24.5 Å². The zero-order valence-electron chi connectivity index (χ0n) is 14.7. The van der Waals surface area contributed by atoms with Gasteiger partial charge in [-0.05, 0) is 45.2 Å². The van der Waals surface area contributed by atoms with Crippen LogP contribution in [0.5, 0.6) is 0 Å². The summed E-state index contributed by atoms with van der Waals surface area (Å²) in [7, 11) is -1.03. The third kappa shape index (κ3) is 3.43. The van der Waals surface area contributed by atoms with Gasteiger partial charge in [0.05, 0.1) is 16.1 Å². The summed E-state index contributed by atoms with van der Waals surface area (Å²) in [6.07, 6.45) is 8.51. The molecule has 0 unspecified atom stereocenters. The van der Waals surface area contributed by atoms with Crippen LogP contribution in [0.3, 0.4) is 0 Å². The molecule has 2 aromatic heterocycles. The van der Waals surface area contributed by atoms with Gasteiger partial charge in [0.2, 0.25) is 0 Å². The fourth-order valence-corrected chi connectivity index (χ4v) is 3.23. The number of terminal acetylenes is 1. The van der Waals surface area contributed by atoms with Gasteiger partial charge in [-0.1, -0.05) is 12.0 Å². The second-order valence-corrected chi connectivity index (χ2v) is 7.88. The van der Waals surface area contributed by atoms with Gasteiger partial charge >= 0.3 is 7.12 Å². The van der Waals surface area contributed by atoms with E-state index >= 15 is 0 Å². The predicted octanol–water partition coefficient (Wildman–Crippen LogP) is 4.19. The summed E-state index contributed by atoms with van der Waals surface area (Å²) in [6.45, 7) is 7.89. The molecular weight excluding hydrogens is 338 g/mol. The van der Waals surface area contributed by atoms with E-state index in [1.165, 1.54) is 17.4 Å². The largest absolute Gasteiger partial charge is 0.525 e. The zero-order valence-corrected chi connectivity index (χ0v) is 15.6. The number of halogens is 1. The van der Waals surface area contributed by atoms with Crippen LogP contribution in [0.25, 0.3) is 16.6 Å². The van der Waals surface area contributed by atoms with Gasteiger partial charge in [-0.15, -0.1) is 17.8 Å². The number of rotatable bonds is 4. The molecule has 0 atom stereocenters. The van der Waals surface area contributed by atoms with Gasteiger partial charge in [-0.2, -0.15) is 5.10 Å². The minimum Gasteiger partial charge on any atom is -0.398 e. The Bertz CT molecular complexity index is 818. The number of thiophene rings is 1. The van der Waals surface area contributed by atoms with Crippen molar-refractivity contribution in [1.29, 1.82) is 0 Å². The Hall–Kier alpha value is -1.88. The Kier molecular flexibility index (Phi) is 4.63. The van der Waals surface area contributed by atoms with Crippen LogP contribution in [-0.4, -0.2) is 28.1 Å². The van der Waals surface area contributed by atoms with Crippen molar-refractivity contribution in [2.45, 2.75) is 45.4 Å². The molecule has 0 radical (unpaired) electrons. The van der Waals surface area contributed by atoms with E-state index in [9.17, 15) is 4.39 Å². The summed E-state index contributed by atoms with van der Waals surface area (Å²) < 4.78 is 28.0. The molecular formula is C18H20BFN2O2S. The van der Waals surface area contributed by atoms with Crippen LogP contribution in [0, 0.1) is 12.3 Å². The van der Waals surface area contributed by atoms with Crippen molar-refractivity contribution in [3.8, 4) is 22.9 Å². The lowest BCUT2D eigenvalue weighted by Gasteiger charge is -2.32. The smallest absolute Gasteiger partial charge is 0.398 e. The highest BCUT2D eigenvalue weighted by Gasteiger charge is 2.53. The van der Waals surface area contributed by atoms with Crippen LogP contribution in [0.1, 0.15) is 33.3 Å². The van der Waals surface area contributed by atoms with E-state index in [2.05, 4.69) is 11.0 Å². The van der Waals surface area contributed by atoms with Gasteiger partial charge in [0.25, 0.3) is 0 Å². The lowest BCUT2D eigenvalue weighted by molar-refractivity contribution is 0.00578. The molecule has 0 spiro atoms. The molecule has 7 heteroatoms. The Morgan fingerprint density at radius 2 is 2.08 bits per heavy atom. The average molecular weight is 358 g/mol. The molecule has 0 aliphatic carbocycles. The van der Waals surface area contributed by atoms with Crippen molar-refractivity contribution in [1.82, 2.24) is 9.78 Å². The van der Waals surface area contributed by atoms with Gasteiger partial charge in [-0.25, -0.2) is 4.39 Å². The Labute approximate surface area is 151 Å². The van der Waals surface area contributed by atoms with Gasteiger partial charge in [-0.3, -0.25) is 4.68 Å². The van der Waals surface area contributed by atoms with Crippen LogP contribution >= 0.6 is 11.3 Å². The summed E-state index contributed by atoms with van der Waals surface area (Å²) in [5.74, 6) is 2.54. The van der Waals surface area contributed by atoms with Crippen molar-refractivity contribution in [2.24, 2.45) is 0 Å². The second-order valence-electron chi connectivity index (χ2n) is 6.93. The molecule has 1 fully saturated rings. The normalized spacial score (nSPS) is 19.2. The molecule has 1 aliphatic rings. The molecule has 0 saturated carbocycles. The maximum atomic E-state index is 14.8. The molecule has 0 bridgehead atoms. The standard InChI is InChI=1S/C18H20BFN2O2S/c1-6-9-22-12-13(16(21-22)14-8-7-10-25-14)11-15(20)19-23-17(2,3)18(4,5)24-19/h1,7-8,10-12H,9H2,2-5H3. The summed E-state index contributed by atoms with van der Waals surface area (Å²) in [5.41, 5.74) is -0.335. The highest BCUT2D eigenvalue weighted by Crippen LogP contribution is 2.39. The molecule has 2 aromatic rings. The monoisotopic (exact) mass is 358 g/mol. The van der Waals surface area contributed by atoms with Crippen molar-refractivity contribution in [3.63, 3.8) is 0 Å². The molecule has 0 aromatic carbocycles. The van der Waals surface area contributed by atoms with E-state index < -0.39 is 24.0 Å². The van der Waals surface area contributed by atoms with E-state index in [4.69, 9.17) is 15.7 Å². The number of hydrogen-bond acceptors (Lipinski definition) is 4. The first-order chi connectivity index (χ1) is 11.7. The third-order valence-electron chi connectivity index (χ3n) is 4.57. The van der Waals surface area contributed by atoms with E-state index in [1.54, 1.807) is 10.9 Å². The topological polar surface area (TPSA) is 36.3 Å². The molecule has 3 heterocycles. The molecule has 0 N–H and O–H groups in total. The van der Waals surface area contributed by atoms with E-state index in [-0.39, 0.29) is 0 Å². The van der Waals surface area contributed by atoms with Crippen LogP contribution in [0.2, 0.25) is 0 Å². The fourth-order valence-electron chi connectivity index (χ4n) is 2.49. The zero-order chi connectivity index (χ0) is 18.2. The summed E-state index contributed by atoms with van der Waals surface area (Å²) >= 11 is 1.54. The average Bonchev–Trinajstić information content (AvgIpc) is 3.19. The molecule has 0 amide bonds. The first-order valence-corrected chi connectivity index (χ1v) is 8.89. The number of aromatic nitrogens is 2. The van der Waals surface area contributed by atoms with E-state index in [0.29, 0.717) is 17.8 Å². The first-order valence-electron chi connectivity index (χ1n) is 8.01. The summed E-state index contributed by atoms with van der Waals surface area (Å²) in [6, 6.07) is 3.87. The molecule has 4 nitrogen and oxygen atoms in total. The van der Waals surface area contributed by atoms with Crippen LogP contribution in [0.4, 0.5) is 4.39 Å². The minimum absolute atomic E-state index is 0.324. The molecule has 130 valence electrons. The van der Waals surface area contributed by atoms with Gasteiger partial charge in [0, 0.05) is 11.8 Å². The Morgan fingerprint density at radius 1 is 1.40 bits per heavy atom. The van der Waals surface area contributed by atoms with Crippen LogP contribution < -0.4 is 0 Å². The minimum atomic E-state index is -1.03. The summed E-state index contributed by atoms with van der Waals surface area (Å²) in [4.78, 5) is 0.948. The third-order valence-corrected chi connectivity index (χ3v) is 5.45. The van der Waals surface area contributed by atoms with Crippen molar-refractivity contribution < 1.29 is 13.7 Å². The predicted molar refractivity (Wildman–Crippen MR) is 99.5 cm³/mol. The molecule has 1 saturated heterocycles. The second kappa shape index (κ2) is 6.45. The fraction of sp³-hybridized carbons (Fsp3) is 0.389. The van der Waals surface area contributed by atoms with Crippen LogP contribution in [0.15, 0.2) is 29.4 Å². The van der Waals surface area contributed by atoms with E-state index in [0.717, 1.165) is 4.88 Å². The molecule has 1 aliphatic heterocycles. The number of nitrogens with zero attached hydrogens (tertiary/aromatic N) is 2. The van der Waals surface area contributed by atoms with Gasteiger partial charge in [0.15, 0.2) is 0 Å². The summed E-state index contributed by atoms with van der Waals surface area (Å²) in [5, 5.41) is 6.42. The maximum Gasteiger partial charge on any atom is 0.525 e. The lowest BCUT2D eigenvalue weighted by atomic mass is 9.87. The maximum absolute atomic E-state index is 14.8. The molecule has 3 rings (SSSR count). The van der Waals surface area contributed by atoms with Gasteiger partial charge < -0.3 is 9.31 Å². The quantitative estimate of drug-likeness (QED) is 0.608. The van der Waals surface area contributed by atoms with E-state index in [1.807, 2.05) is 45.2 Å². The highest BCUT2D eigenvalue weighted by atomic mass is 32.1. The Morgan fingerprint density at radius 3 is 2.64 bits per heavy atom. The van der Waals surface area contributed by atoms with Crippen LogP contribution in [-0.2, 0) is 15.9 Å². The van der Waals surface area contributed by atoms with Crippen molar-refractivity contribution in [2.75, 3.05) is 0 Å². The Balaban J connectivity index is 1.94. The number of hydrogen-bond donors (Lipinski definition) is 0. The SMILES string of the molecule is C#CCn1cc(C=C(F)B2OC(C)(C)C(C)(C)O2)c(-c2cccs2)n1. The van der Waals surface area contributed by atoms with Crippen molar-refractivity contribution in [3.05, 3.63) is 35.0 Å². The first kappa shape index (κ1) is 17.9. The molecule has 25 heavy (non-hydrogen) atoms. The van der Waals surface area contributed by atoms with Gasteiger partial charge in [0.1, 0.15) is 18.0 Å². The lowest BCUT2D eigenvalue weighted by Crippen LogP contribution is -2.41.